The van der Waals surface area contributed by atoms with Gasteiger partial charge in [0.1, 0.15) is 0 Å². The van der Waals surface area contributed by atoms with E-state index >= 15 is 0 Å². The van der Waals surface area contributed by atoms with Crippen molar-refractivity contribution in [2.45, 2.75) is 18.2 Å². The summed E-state index contributed by atoms with van der Waals surface area (Å²) in [7, 11) is -3.44. The Labute approximate surface area is 124 Å². The molecule has 0 spiro atoms. The Kier molecular flexibility index (Phi) is 5.90. The largest absolute Gasteiger partial charge is 0.538 e. The molecule has 8 nitrogen and oxygen atoms in total. The quantitative estimate of drug-likeness (QED) is 0.324. The molecule has 116 valence electrons. The van der Waals surface area contributed by atoms with Crippen LogP contribution in [-0.2, 0) is 29.7 Å². The number of nitrogens with zero attached hydrogens (tertiary/aromatic N) is 3. The third kappa shape index (κ3) is 3.26. The maximum absolute atomic E-state index is 12.2. The molecule has 1 rings (SSSR count). The molecule has 0 unspecified atom stereocenters. The van der Waals surface area contributed by atoms with Crippen molar-refractivity contribution in [3.63, 3.8) is 0 Å². The van der Waals surface area contributed by atoms with E-state index in [2.05, 4.69) is 9.43 Å². The summed E-state index contributed by atoms with van der Waals surface area (Å²) in [5.74, 6) is 0. The summed E-state index contributed by atoms with van der Waals surface area (Å²) < 4.78 is 43.3. The minimum absolute atomic E-state index is 0.156. The van der Waals surface area contributed by atoms with Crippen molar-refractivity contribution in [2.75, 3.05) is 21.3 Å². The molecule has 21 heavy (non-hydrogen) atoms. The van der Waals surface area contributed by atoms with Gasteiger partial charge < -0.3 is 13.3 Å². The molecule has 0 fully saturated rings. The first-order valence-electron chi connectivity index (χ1n) is 6.01. The zero-order chi connectivity index (χ0) is 16.1. The fourth-order valence-electron chi connectivity index (χ4n) is 2.08. The number of hydrogen-bond donors (Lipinski definition) is 0. The van der Waals surface area contributed by atoms with Gasteiger partial charge in [0.2, 0.25) is 0 Å². The van der Waals surface area contributed by atoms with Crippen LogP contribution in [0, 0.1) is 0 Å². The summed E-state index contributed by atoms with van der Waals surface area (Å²) in [5.41, 5.74) is 9.15. The van der Waals surface area contributed by atoms with Gasteiger partial charge in [0.05, 0.1) is 4.90 Å². The van der Waals surface area contributed by atoms with Crippen molar-refractivity contribution in [3.05, 3.63) is 34.2 Å². The first kappa shape index (κ1) is 17.6. The van der Waals surface area contributed by atoms with E-state index in [0.29, 0.717) is 17.2 Å². The average molecular weight is 331 g/mol. The van der Waals surface area contributed by atoms with Crippen molar-refractivity contribution < 1.29 is 21.7 Å². The van der Waals surface area contributed by atoms with E-state index in [1.165, 1.54) is 27.4 Å². The molecule has 0 N–H and O–H groups in total. The van der Waals surface area contributed by atoms with Gasteiger partial charge >= 0.3 is 8.80 Å². The second kappa shape index (κ2) is 7.03. The van der Waals surface area contributed by atoms with Crippen LogP contribution in [0.2, 0.25) is 0 Å². The van der Waals surface area contributed by atoms with Gasteiger partial charge in [-0.15, -0.1) is 0 Å². The monoisotopic (exact) mass is 331 g/mol. The fraction of sp³-hybridized carbons (Fsp3) is 0.455. The number of aryl methyl sites for hydroxylation is 1. The van der Waals surface area contributed by atoms with E-state index in [1.807, 2.05) is 6.92 Å². The first-order chi connectivity index (χ1) is 9.92. The summed E-state index contributed by atoms with van der Waals surface area (Å²) in [6.45, 7) is 1.86. The maximum atomic E-state index is 12.2. The van der Waals surface area contributed by atoms with E-state index in [0.717, 1.165) is 0 Å². The van der Waals surface area contributed by atoms with Crippen molar-refractivity contribution in [1.29, 1.82) is 0 Å². The topological polar surface area (TPSA) is 111 Å². The molecule has 1 aromatic carbocycles. The van der Waals surface area contributed by atoms with Gasteiger partial charge in [-0.2, -0.15) is 0 Å². The maximum Gasteiger partial charge on any atom is 0.538 e. The highest BCUT2D eigenvalue weighted by Crippen LogP contribution is 2.20. The highest BCUT2D eigenvalue weighted by atomic mass is 32.2. The summed E-state index contributed by atoms with van der Waals surface area (Å²) in [6.07, 6.45) is 0.541. The Morgan fingerprint density at radius 3 is 2.24 bits per heavy atom. The highest BCUT2D eigenvalue weighted by molar-refractivity contribution is 7.90. The lowest BCUT2D eigenvalue weighted by atomic mass is 10.2. The van der Waals surface area contributed by atoms with Crippen molar-refractivity contribution in [1.82, 2.24) is 0 Å². The van der Waals surface area contributed by atoms with Gasteiger partial charge in [0.25, 0.3) is 10.0 Å². The highest BCUT2D eigenvalue weighted by Gasteiger charge is 2.46. The van der Waals surface area contributed by atoms with Crippen LogP contribution in [0.25, 0.3) is 10.4 Å². The normalized spacial score (nSPS) is 12.0. The molecule has 0 saturated heterocycles. The smallest absolute Gasteiger partial charge is 0.373 e. The van der Waals surface area contributed by atoms with Gasteiger partial charge in [0.15, 0.2) is 0 Å². The minimum atomic E-state index is -4.18. The lowest BCUT2D eigenvalue weighted by Crippen LogP contribution is -2.57. The fourth-order valence-corrected chi connectivity index (χ4v) is 5.82. The van der Waals surface area contributed by atoms with Crippen molar-refractivity contribution >= 4 is 24.0 Å². The molecule has 0 heterocycles. The summed E-state index contributed by atoms with van der Waals surface area (Å²) in [6, 6.07) is 4.67. The average Bonchev–Trinajstić information content (AvgIpc) is 2.49. The third-order valence-corrected chi connectivity index (χ3v) is 7.21. The number of hydrogen-bond acceptors (Lipinski definition) is 5. The van der Waals surface area contributed by atoms with Crippen LogP contribution in [0.4, 0.5) is 0 Å². The zero-order valence-electron chi connectivity index (χ0n) is 12.2. The van der Waals surface area contributed by atoms with Crippen LogP contribution in [0.1, 0.15) is 12.5 Å². The molecule has 0 aliphatic heterocycles. The number of sulfonamides is 1. The Morgan fingerprint density at radius 1 is 1.24 bits per heavy atom. The van der Waals surface area contributed by atoms with Crippen LogP contribution in [-0.4, -0.2) is 38.6 Å². The predicted octanol–water partition coefficient (Wildman–Crippen LogP) is 1.33. The van der Waals surface area contributed by atoms with Gasteiger partial charge in [-0.1, -0.05) is 19.1 Å². The standard InChI is InChI=1S/C11H17N3O5SSi/c1-5-9-7-6-8-10(20(15,16)14-13-12)11(9)21(17-2,18-3)19-4/h6-8H,5H2,1-4H3. The van der Waals surface area contributed by atoms with E-state index in [9.17, 15) is 8.42 Å². The van der Waals surface area contributed by atoms with Gasteiger partial charge in [0, 0.05) is 35.9 Å². The van der Waals surface area contributed by atoms with E-state index in [4.69, 9.17) is 18.8 Å². The third-order valence-electron chi connectivity index (χ3n) is 3.03. The molecular weight excluding hydrogens is 314 g/mol. The molecule has 0 aliphatic carbocycles. The van der Waals surface area contributed by atoms with E-state index < -0.39 is 18.8 Å². The van der Waals surface area contributed by atoms with Crippen LogP contribution in [0.5, 0.6) is 0 Å². The molecule has 0 radical (unpaired) electrons. The SMILES string of the molecule is CCc1cccc(S(=O)(=O)N=[N+]=[N-])c1[Si](OC)(OC)OC. The second-order valence-corrected chi connectivity index (χ2v) is 8.35. The molecule has 0 amide bonds. The Morgan fingerprint density at radius 2 is 1.81 bits per heavy atom. The summed E-state index contributed by atoms with van der Waals surface area (Å²) >= 11 is 0. The first-order valence-corrected chi connectivity index (χ1v) is 9.18. The Bertz CT molecular complexity index is 646. The second-order valence-electron chi connectivity index (χ2n) is 3.96. The van der Waals surface area contributed by atoms with Crippen LogP contribution in [0.15, 0.2) is 27.6 Å². The molecule has 0 aliphatic rings. The van der Waals surface area contributed by atoms with Crippen LogP contribution < -0.4 is 5.19 Å². The lowest BCUT2D eigenvalue weighted by Gasteiger charge is -2.28. The predicted molar refractivity (Wildman–Crippen MR) is 78.6 cm³/mol. The molecule has 10 heteroatoms. The Hall–Kier alpha value is -1.42. The van der Waals surface area contributed by atoms with Crippen LogP contribution in [0.3, 0.4) is 0 Å². The summed E-state index contributed by atoms with van der Waals surface area (Å²) in [5, 5.41) is 0.299. The number of azide groups is 1. The van der Waals surface area contributed by atoms with Crippen LogP contribution >= 0.6 is 0 Å². The van der Waals surface area contributed by atoms with Crippen molar-refractivity contribution in [2.24, 2.45) is 4.52 Å². The van der Waals surface area contributed by atoms with Crippen molar-refractivity contribution in [3.8, 4) is 0 Å². The summed E-state index contributed by atoms with van der Waals surface area (Å²) in [4.78, 5) is 2.21. The molecule has 0 aromatic heterocycles. The van der Waals surface area contributed by atoms with Gasteiger partial charge in [-0.05, 0) is 23.6 Å². The Balaban J connectivity index is 3.81. The van der Waals surface area contributed by atoms with E-state index in [-0.39, 0.29) is 4.90 Å². The molecular formula is C11H17N3O5SSi. The lowest BCUT2D eigenvalue weighted by molar-refractivity contribution is 0.139. The molecule has 0 saturated carbocycles. The molecule has 0 atom stereocenters. The molecule has 0 bridgehead atoms. The molecule has 1 aromatic rings. The van der Waals surface area contributed by atoms with Gasteiger partial charge in [-0.25, -0.2) is 8.42 Å². The minimum Gasteiger partial charge on any atom is -0.373 e. The van der Waals surface area contributed by atoms with E-state index in [1.54, 1.807) is 12.1 Å². The number of rotatable bonds is 7. The van der Waals surface area contributed by atoms with Gasteiger partial charge in [-0.3, -0.25) is 0 Å². The number of benzene rings is 1. The zero-order valence-corrected chi connectivity index (χ0v) is 14.0.